The first-order valence-corrected chi connectivity index (χ1v) is 8.18. The summed E-state index contributed by atoms with van der Waals surface area (Å²) in [4.78, 5) is 25.9. The van der Waals surface area contributed by atoms with Crippen molar-refractivity contribution in [1.29, 1.82) is 0 Å². The van der Waals surface area contributed by atoms with Crippen molar-refractivity contribution in [2.75, 3.05) is 32.1 Å². The molecule has 0 aliphatic carbocycles. The van der Waals surface area contributed by atoms with Gasteiger partial charge in [0.1, 0.15) is 5.69 Å². The van der Waals surface area contributed by atoms with Gasteiger partial charge in [-0.25, -0.2) is 9.98 Å². The smallest absolute Gasteiger partial charge is 0.234 e. The molecule has 0 N–H and O–H groups in total. The van der Waals surface area contributed by atoms with Crippen molar-refractivity contribution in [3.63, 3.8) is 0 Å². The van der Waals surface area contributed by atoms with Gasteiger partial charge < -0.3 is 4.90 Å². The maximum Gasteiger partial charge on any atom is 0.234 e. The Balaban J connectivity index is 1.92. The Bertz CT molecular complexity index is 740. The highest BCUT2D eigenvalue weighted by molar-refractivity contribution is 6.17. The lowest BCUT2D eigenvalue weighted by molar-refractivity contribution is -0.117. The summed E-state index contributed by atoms with van der Waals surface area (Å²) in [6.07, 6.45) is 2.91. The molecule has 0 fully saturated rings. The lowest BCUT2D eigenvalue weighted by Crippen LogP contribution is -2.34. The van der Waals surface area contributed by atoms with Gasteiger partial charge in [-0.2, -0.15) is 0 Å². The predicted octanol–water partition coefficient (Wildman–Crippen LogP) is 2.89. The lowest BCUT2D eigenvalue weighted by Gasteiger charge is -2.22. The average molecular weight is 322 g/mol. The molecule has 5 nitrogen and oxygen atoms in total. The third-order valence-corrected chi connectivity index (χ3v) is 3.99. The third kappa shape index (κ3) is 3.68. The van der Waals surface area contributed by atoms with E-state index in [1.54, 1.807) is 11.1 Å². The van der Waals surface area contributed by atoms with Gasteiger partial charge in [-0.1, -0.05) is 30.3 Å². The maximum atomic E-state index is 12.8. The molecule has 0 saturated heterocycles. The molecule has 124 valence electrons. The summed E-state index contributed by atoms with van der Waals surface area (Å²) in [6.45, 7) is 1.58. The lowest BCUT2D eigenvalue weighted by atomic mass is 10.1. The molecule has 3 rings (SSSR count). The molecule has 2 aromatic rings. The molecule has 0 atom stereocenters. The molecular formula is C19H22N4O. The summed E-state index contributed by atoms with van der Waals surface area (Å²) in [7, 11) is 4.07. The minimum absolute atomic E-state index is 0.0498. The van der Waals surface area contributed by atoms with E-state index in [4.69, 9.17) is 4.99 Å². The van der Waals surface area contributed by atoms with Gasteiger partial charge in [-0.05, 0) is 44.8 Å². The molecule has 1 aliphatic rings. The topological polar surface area (TPSA) is 48.8 Å². The van der Waals surface area contributed by atoms with E-state index in [1.165, 1.54) is 0 Å². The number of carbonyl (C=O) groups excluding carboxylic acids is 1. The van der Waals surface area contributed by atoms with Crippen LogP contribution in [0.5, 0.6) is 0 Å². The first kappa shape index (κ1) is 16.3. The number of carbonyl (C=O) groups is 1. The second-order valence-corrected chi connectivity index (χ2v) is 6.15. The van der Waals surface area contributed by atoms with Crippen molar-refractivity contribution in [2.45, 2.75) is 12.8 Å². The molecule has 1 amide bonds. The van der Waals surface area contributed by atoms with Crippen LogP contribution in [0.2, 0.25) is 0 Å². The van der Waals surface area contributed by atoms with E-state index in [-0.39, 0.29) is 5.91 Å². The van der Waals surface area contributed by atoms with Crippen molar-refractivity contribution in [1.82, 2.24) is 9.88 Å². The standard InChI is InChI=1S/C19H22N4O/c1-22(2)12-7-13-23-18(24)14-17(15-8-4-3-5-9-15)21-16-10-6-11-20-19(16)23/h3-6,8-11H,7,12-14H2,1-2H3. The third-order valence-electron chi connectivity index (χ3n) is 3.99. The van der Waals surface area contributed by atoms with E-state index < -0.39 is 0 Å². The summed E-state index contributed by atoms with van der Waals surface area (Å²) < 4.78 is 0. The fourth-order valence-corrected chi connectivity index (χ4v) is 2.80. The second-order valence-electron chi connectivity index (χ2n) is 6.15. The normalized spacial score (nSPS) is 14.4. The largest absolute Gasteiger partial charge is 0.309 e. The number of amides is 1. The van der Waals surface area contributed by atoms with Crippen LogP contribution in [0.15, 0.2) is 53.7 Å². The number of hydrogen-bond acceptors (Lipinski definition) is 4. The van der Waals surface area contributed by atoms with Crippen LogP contribution in [-0.2, 0) is 4.79 Å². The Morgan fingerprint density at radius 3 is 2.67 bits per heavy atom. The van der Waals surface area contributed by atoms with Gasteiger partial charge in [-0.3, -0.25) is 9.69 Å². The SMILES string of the molecule is CN(C)CCCN1C(=O)CC(c2ccccc2)=Nc2cccnc21. The summed E-state index contributed by atoms with van der Waals surface area (Å²) in [6, 6.07) is 13.7. The number of rotatable bonds is 5. The number of aromatic nitrogens is 1. The number of fused-ring (bicyclic) bond motifs is 1. The van der Waals surface area contributed by atoms with Gasteiger partial charge in [-0.15, -0.1) is 0 Å². The van der Waals surface area contributed by atoms with Crippen molar-refractivity contribution < 1.29 is 4.79 Å². The van der Waals surface area contributed by atoms with Gasteiger partial charge in [0.15, 0.2) is 5.82 Å². The molecule has 1 aliphatic heterocycles. The van der Waals surface area contributed by atoms with Gasteiger partial charge in [0.25, 0.3) is 0 Å². The number of aliphatic imine (C=N–C) groups is 1. The van der Waals surface area contributed by atoms with Crippen LogP contribution in [0.4, 0.5) is 11.5 Å². The monoisotopic (exact) mass is 322 g/mol. The molecule has 0 saturated carbocycles. The van der Waals surface area contributed by atoms with Crippen LogP contribution in [0.3, 0.4) is 0 Å². The van der Waals surface area contributed by atoms with Crippen LogP contribution in [-0.4, -0.2) is 48.7 Å². The summed E-state index contributed by atoms with van der Waals surface area (Å²) in [5.74, 6) is 0.709. The molecule has 0 unspecified atom stereocenters. The molecule has 5 heteroatoms. The van der Waals surface area contributed by atoms with E-state index in [2.05, 4.69) is 9.88 Å². The molecule has 0 spiro atoms. The highest BCUT2D eigenvalue weighted by Crippen LogP contribution is 2.30. The predicted molar refractivity (Wildman–Crippen MR) is 97.0 cm³/mol. The Hall–Kier alpha value is -2.53. The molecule has 2 heterocycles. The van der Waals surface area contributed by atoms with E-state index in [9.17, 15) is 4.79 Å². The fourth-order valence-electron chi connectivity index (χ4n) is 2.80. The van der Waals surface area contributed by atoms with Crippen molar-refractivity contribution >= 4 is 23.1 Å². The minimum Gasteiger partial charge on any atom is -0.309 e. The zero-order valence-electron chi connectivity index (χ0n) is 14.1. The Morgan fingerprint density at radius 1 is 1.12 bits per heavy atom. The van der Waals surface area contributed by atoms with Crippen LogP contribution < -0.4 is 4.90 Å². The first-order valence-electron chi connectivity index (χ1n) is 8.18. The number of benzene rings is 1. The molecular weight excluding hydrogens is 300 g/mol. The molecule has 0 bridgehead atoms. The van der Waals surface area contributed by atoms with Gasteiger partial charge >= 0.3 is 0 Å². The minimum atomic E-state index is 0.0498. The highest BCUT2D eigenvalue weighted by atomic mass is 16.2. The van der Waals surface area contributed by atoms with E-state index in [1.807, 2.05) is 56.6 Å². The van der Waals surface area contributed by atoms with Crippen molar-refractivity contribution in [3.8, 4) is 0 Å². The second kappa shape index (κ2) is 7.36. The molecule has 24 heavy (non-hydrogen) atoms. The van der Waals surface area contributed by atoms with Crippen molar-refractivity contribution in [2.24, 2.45) is 4.99 Å². The zero-order valence-corrected chi connectivity index (χ0v) is 14.1. The Morgan fingerprint density at radius 2 is 1.92 bits per heavy atom. The average Bonchev–Trinajstić information content (AvgIpc) is 2.72. The highest BCUT2D eigenvalue weighted by Gasteiger charge is 2.25. The van der Waals surface area contributed by atoms with Crippen LogP contribution in [0.1, 0.15) is 18.4 Å². The van der Waals surface area contributed by atoms with E-state index >= 15 is 0 Å². The Kier molecular flexibility index (Phi) is 5.01. The van der Waals surface area contributed by atoms with Gasteiger partial charge in [0, 0.05) is 12.7 Å². The van der Waals surface area contributed by atoms with Crippen molar-refractivity contribution in [3.05, 3.63) is 54.2 Å². The maximum absolute atomic E-state index is 12.8. The number of nitrogens with zero attached hydrogens (tertiary/aromatic N) is 4. The molecule has 1 aromatic carbocycles. The number of anilines is 1. The summed E-state index contributed by atoms with van der Waals surface area (Å²) >= 11 is 0. The van der Waals surface area contributed by atoms with Crippen LogP contribution >= 0.6 is 0 Å². The zero-order chi connectivity index (χ0) is 16.9. The molecule has 1 aromatic heterocycles. The van der Waals surface area contributed by atoms with E-state index in [0.29, 0.717) is 18.8 Å². The summed E-state index contributed by atoms with van der Waals surface area (Å²) in [5, 5.41) is 0. The van der Waals surface area contributed by atoms with Gasteiger partial charge in [0.2, 0.25) is 5.91 Å². The van der Waals surface area contributed by atoms with Crippen LogP contribution in [0.25, 0.3) is 0 Å². The van der Waals surface area contributed by atoms with E-state index in [0.717, 1.165) is 29.9 Å². The first-order chi connectivity index (χ1) is 11.6. The fraction of sp³-hybridized carbons (Fsp3) is 0.316. The Labute approximate surface area is 142 Å². The number of pyridine rings is 1. The van der Waals surface area contributed by atoms with Gasteiger partial charge in [0.05, 0.1) is 12.1 Å². The summed E-state index contributed by atoms with van der Waals surface area (Å²) in [5.41, 5.74) is 2.54. The quantitative estimate of drug-likeness (QED) is 0.850. The number of hydrogen-bond donors (Lipinski definition) is 0. The molecule has 0 radical (unpaired) electrons. The van der Waals surface area contributed by atoms with Crippen LogP contribution in [0, 0.1) is 0 Å².